The van der Waals surface area contributed by atoms with Crippen LogP contribution in [-0.4, -0.2) is 57.6 Å². The standard InChI is InChI=1S/C27H29ClN6O3/c1-18-6-4-10-34-24(18)31-25-21(27(34)36)16-20(26(35)30-17-19-7-2-3-8-22(19)28)23(29)33(25)11-5-9-32-12-14-37-15-13-32/h2-4,6-8,10,16,29H,5,9,11-15,17H2,1H3,(H,30,35). The summed E-state index contributed by atoms with van der Waals surface area (Å²) in [4.78, 5) is 33.9. The maximum absolute atomic E-state index is 13.5. The second kappa shape index (κ2) is 10.8. The average Bonchev–Trinajstić information content (AvgIpc) is 2.90. The SMILES string of the molecule is Cc1cccn2c(=O)c3cc(C(=O)NCc4ccccc4Cl)c(=N)n(CCCN4CCOCC4)c3nc12. The van der Waals surface area contributed by atoms with Crippen molar-refractivity contribution in [3.63, 3.8) is 0 Å². The molecule has 1 aliphatic heterocycles. The fourth-order valence-electron chi connectivity index (χ4n) is 4.68. The van der Waals surface area contributed by atoms with Crippen LogP contribution in [0.4, 0.5) is 0 Å². The lowest BCUT2D eigenvalue weighted by Gasteiger charge is -2.26. The maximum Gasteiger partial charge on any atom is 0.267 e. The molecule has 5 rings (SSSR count). The molecule has 0 saturated carbocycles. The number of aromatic nitrogens is 3. The van der Waals surface area contributed by atoms with E-state index >= 15 is 0 Å². The number of rotatable bonds is 7. The Morgan fingerprint density at radius 2 is 1.92 bits per heavy atom. The van der Waals surface area contributed by atoms with Gasteiger partial charge in [0.15, 0.2) is 0 Å². The van der Waals surface area contributed by atoms with E-state index in [1.807, 2.05) is 31.2 Å². The number of aryl methyl sites for hydroxylation is 2. The van der Waals surface area contributed by atoms with Gasteiger partial charge in [-0.2, -0.15) is 0 Å². The van der Waals surface area contributed by atoms with Crippen LogP contribution in [0.1, 0.15) is 27.9 Å². The molecule has 0 bridgehead atoms. The highest BCUT2D eigenvalue weighted by Crippen LogP contribution is 2.16. The molecule has 1 fully saturated rings. The first kappa shape index (κ1) is 25.1. The largest absolute Gasteiger partial charge is 0.379 e. The van der Waals surface area contributed by atoms with Crippen LogP contribution in [0.2, 0.25) is 5.02 Å². The number of nitrogens with zero attached hydrogens (tertiary/aromatic N) is 4. The number of pyridine rings is 2. The Kier molecular flexibility index (Phi) is 7.36. The van der Waals surface area contributed by atoms with E-state index in [0.717, 1.165) is 37.2 Å². The summed E-state index contributed by atoms with van der Waals surface area (Å²) >= 11 is 6.24. The highest BCUT2D eigenvalue weighted by molar-refractivity contribution is 6.31. The fourth-order valence-corrected chi connectivity index (χ4v) is 4.88. The zero-order valence-corrected chi connectivity index (χ0v) is 21.4. The van der Waals surface area contributed by atoms with Gasteiger partial charge in [-0.15, -0.1) is 0 Å². The molecule has 0 unspecified atom stereocenters. The Labute approximate surface area is 218 Å². The predicted octanol–water partition coefficient (Wildman–Crippen LogP) is 2.74. The van der Waals surface area contributed by atoms with Crippen LogP contribution >= 0.6 is 11.6 Å². The number of halogens is 1. The molecule has 2 N–H and O–H groups in total. The lowest BCUT2D eigenvalue weighted by atomic mass is 10.1. The molecule has 4 aromatic rings. The first-order valence-corrected chi connectivity index (χ1v) is 12.7. The van der Waals surface area contributed by atoms with E-state index in [1.54, 1.807) is 22.9 Å². The molecule has 3 aromatic heterocycles. The minimum Gasteiger partial charge on any atom is -0.379 e. The molecule has 1 amide bonds. The molecule has 1 aromatic carbocycles. The second-order valence-electron chi connectivity index (χ2n) is 9.18. The third kappa shape index (κ3) is 5.16. The molecule has 1 saturated heterocycles. The number of hydrogen-bond donors (Lipinski definition) is 2. The minimum atomic E-state index is -0.442. The number of carbonyl (C=O) groups is 1. The normalized spacial score (nSPS) is 14.3. The molecule has 192 valence electrons. The van der Waals surface area contributed by atoms with E-state index in [1.165, 1.54) is 10.5 Å². The van der Waals surface area contributed by atoms with Gasteiger partial charge >= 0.3 is 0 Å². The molecule has 0 aliphatic carbocycles. The number of morpholine rings is 1. The third-order valence-electron chi connectivity index (χ3n) is 6.74. The lowest BCUT2D eigenvalue weighted by molar-refractivity contribution is 0.0369. The Morgan fingerprint density at radius 3 is 2.70 bits per heavy atom. The van der Waals surface area contributed by atoms with E-state index in [9.17, 15) is 9.59 Å². The smallest absolute Gasteiger partial charge is 0.267 e. The lowest BCUT2D eigenvalue weighted by Crippen LogP contribution is -2.38. The molecule has 10 heteroatoms. The predicted molar refractivity (Wildman–Crippen MR) is 142 cm³/mol. The molecule has 37 heavy (non-hydrogen) atoms. The van der Waals surface area contributed by atoms with E-state index in [0.29, 0.717) is 41.5 Å². The number of hydrogen-bond acceptors (Lipinski definition) is 6. The molecule has 0 atom stereocenters. The number of nitrogens with one attached hydrogen (secondary N) is 2. The van der Waals surface area contributed by atoms with Crippen LogP contribution in [0, 0.1) is 12.3 Å². The zero-order valence-electron chi connectivity index (χ0n) is 20.7. The maximum atomic E-state index is 13.5. The van der Waals surface area contributed by atoms with Crippen LogP contribution in [-0.2, 0) is 17.8 Å². The van der Waals surface area contributed by atoms with Crippen molar-refractivity contribution in [3.05, 3.63) is 86.2 Å². The van der Waals surface area contributed by atoms with Gasteiger partial charge in [0.25, 0.3) is 11.5 Å². The summed E-state index contributed by atoms with van der Waals surface area (Å²) in [6.07, 6.45) is 2.41. The number of benzene rings is 1. The van der Waals surface area contributed by atoms with Crippen LogP contribution in [0.15, 0.2) is 53.5 Å². The van der Waals surface area contributed by atoms with Crippen molar-refractivity contribution in [3.8, 4) is 0 Å². The Morgan fingerprint density at radius 1 is 1.14 bits per heavy atom. The van der Waals surface area contributed by atoms with E-state index in [4.69, 9.17) is 26.7 Å². The van der Waals surface area contributed by atoms with Gasteiger partial charge in [-0.1, -0.05) is 35.9 Å². The average molecular weight is 521 g/mol. The summed E-state index contributed by atoms with van der Waals surface area (Å²) in [6.45, 7) is 6.54. The Bertz CT molecular complexity index is 1590. The first-order valence-electron chi connectivity index (χ1n) is 12.4. The van der Waals surface area contributed by atoms with Crippen LogP contribution in [0.25, 0.3) is 16.7 Å². The Hall–Kier alpha value is -3.53. The molecule has 4 heterocycles. The highest BCUT2D eigenvalue weighted by atomic mass is 35.5. The zero-order chi connectivity index (χ0) is 25.9. The van der Waals surface area contributed by atoms with Gasteiger partial charge in [0.2, 0.25) is 0 Å². The van der Waals surface area contributed by atoms with Gasteiger partial charge in [0.1, 0.15) is 16.8 Å². The molecular weight excluding hydrogens is 492 g/mol. The summed E-state index contributed by atoms with van der Waals surface area (Å²) in [6, 6.07) is 12.4. The highest BCUT2D eigenvalue weighted by Gasteiger charge is 2.19. The van der Waals surface area contributed by atoms with Gasteiger partial charge in [-0.05, 0) is 42.7 Å². The number of carbonyl (C=O) groups excluding carboxylic acids is 1. The summed E-state index contributed by atoms with van der Waals surface area (Å²) in [5.74, 6) is -0.442. The van der Waals surface area contributed by atoms with Crippen molar-refractivity contribution in [2.75, 3.05) is 32.8 Å². The molecule has 1 aliphatic rings. The monoisotopic (exact) mass is 520 g/mol. The minimum absolute atomic E-state index is 0.0240. The molecular formula is C27H29ClN6O3. The van der Waals surface area contributed by atoms with Gasteiger partial charge < -0.3 is 14.6 Å². The van der Waals surface area contributed by atoms with Crippen molar-refractivity contribution in [2.24, 2.45) is 0 Å². The van der Waals surface area contributed by atoms with Crippen molar-refractivity contribution in [2.45, 2.75) is 26.4 Å². The van der Waals surface area contributed by atoms with Crippen LogP contribution < -0.4 is 16.4 Å². The summed E-state index contributed by atoms with van der Waals surface area (Å²) in [5, 5.41) is 12.6. The van der Waals surface area contributed by atoms with Gasteiger partial charge in [0.05, 0.1) is 24.2 Å². The number of ether oxygens (including phenoxy) is 1. The van der Waals surface area contributed by atoms with E-state index in [-0.39, 0.29) is 23.2 Å². The Balaban J connectivity index is 1.55. The van der Waals surface area contributed by atoms with Crippen molar-refractivity contribution in [1.29, 1.82) is 5.41 Å². The summed E-state index contributed by atoms with van der Waals surface area (Å²) in [7, 11) is 0. The van der Waals surface area contributed by atoms with Crippen molar-refractivity contribution >= 4 is 34.2 Å². The number of fused-ring (bicyclic) bond motifs is 2. The number of amides is 1. The van der Waals surface area contributed by atoms with Gasteiger partial charge in [-0.25, -0.2) is 4.98 Å². The molecule has 9 nitrogen and oxygen atoms in total. The first-order chi connectivity index (χ1) is 17.9. The summed E-state index contributed by atoms with van der Waals surface area (Å²) in [5.41, 5.74) is 2.45. The van der Waals surface area contributed by atoms with Crippen molar-refractivity contribution < 1.29 is 9.53 Å². The van der Waals surface area contributed by atoms with E-state index in [2.05, 4.69) is 10.2 Å². The fraction of sp³-hybridized carbons (Fsp3) is 0.333. The summed E-state index contributed by atoms with van der Waals surface area (Å²) < 4.78 is 8.61. The molecule has 0 radical (unpaired) electrons. The van der Waals surface area contributed by atoms with Crippen LogP contribution in [0.5, 0.6) is 0 Å². The molecule has 0 spiro atoms. The topological polar surface area (TPSA) is 105 Å². The quantitative estimate of drug-likeness (QED) is 0.365. The van der Waals surface area contributed by atoms with Crippen molar-refractivity contribution in [1.82, 2.24) is 24.2 Å². The van der Waals surface area contributed by atoms with Gasteiger partial charge in [-0.3, -0.25) is 24.3 Å². The van der Waals surface area contributed by atoms with Crippen LogP contribution in [0.3, 0.4) is 0 Å². The van der Waals surface area contributed by atoms with E-state index < -0.39 is 5.91 Å². The van der Waals surface area contributed by atoms with Gasteiger partial charge in [0, 0.05) is 43.9 Å². The second-order valence-corrected chi connectivity index (χ2v) is 9.59. The third-order valence-corrected chi connectivity index (χ3v) is 7.10.